The maximum Gasteiger partial charge on any atom is 0.312 e. The quantitative estimate of drug-likeness (QED) is 0.600. The van der Waals surface area contributed by atoms with Gasteiger partial charge in [-0.3, -0.25) is 4.79 Å². The maximum absolute atomic E-state index is 11.3. The molecule has 0 spiro atoms. The van der Waals surface area contributed by atoms with Gasteiger partial charge in [0.2, 0.25) is 0 Å². The van der Waals surface area contributed by atoms with E-state index in [1.54, 1.807) is 0 Å². The van der Waals surface area contributed by atoms with Gasteiger partial charge in [-0.15, -0.1) is 0 Å². The molecular formula is C10H17NO3. The number of carbonyl (C=O) groups is 1. The molecule has 2 rings (SSSR count). The molecule has 2 fully saturated rings. The number of nitrogens with one attached hydrogen (secondary N) is 1. The molecule has 1 aliphatic carbocycles. The van der Waals surface area contributed by atoms with Crippen molar-refractivity contribution < 1.29 is 15.0 Å². The molecule has 80 valence electrons. The van der Waals surface area contributed by atoms with Gasteiger partial charge in [-0.2, -0.15) is 0 Å². The maximum atomic E-state index is 11.3. The van der Waals surface area contributed by atoms with Crippen molar-refractivity contribution in [2.75, 3.05) is 13.1 Å². The summed E-state index contributed by atoms with van der Waals surface area (Å²) in [7, 11) is 0. The Morgan fingerprint density at radius 2 is 1.71 bits per heavy atom. The Labute approximate surface area is 83.3 Å². The summed E-state index contributed by atoms with van der Waals surface area (Å²) >= 11 is 0. The Kier molecular flexibility index (Phi) is 2.27. The molecule has 0 bridgehead atoms. The number of rotatable bonds is 2. The lowest BCUT2D eigenvalue weighted by Crippen LogP contribution is -2.60. The Bertz CT molecular complexity index is 242. The van der Waals surface area contributed by atoms with Gasteiger partial charge < -0.3 is 15.5 Å². The minimum atomic E-state index is -0.930. The largest absolute Gasteiger partial charge is 0.481 e. The number of hydrogen-bond donors (Lipinski definition) is 3. The zero-order valence-electron chi connectivity index (χ0n) is 8.25. The molecule has 0 amide bonds. The highest BCUT2D eigenvalue weighted by molar-refractivity contribution is 5.77. The predicted octanol–water partition coefficient (Wildman–Crippen LogP) is 0.356. The molecule has 0 aromatic carbocycles. The lowest BCUT2D eigenvalue weighted by atomic mass is 9.57. The van der Waals surface area contributed by atoms with Gasteiger partial charge >= 0.3 is 5.97 Å². The van der Waals surface area contributed by atoms with E-state index in [2.05, 4.69) is 5.32 Å². The van der Waals surface area contributed by atoms with E-state index in [9.17, 15) is 15.0 Å². The molecule has 1 saturated heterocycles. The fraction of sp³-hybridized carbons (Fsp3) is 0.900. The summed E-state index contributed by atoms with van der Waals surface area (Å²) in [5.74, 6) is -0.818. The zero-order chi connectivity index (χ0) is 10.2. The van der Waals surface area contributed by atoms with Crippen LogP contribution in [0.25, 0.3) is 0 Å². The van der Waals surface area contributed by atoms with Crippen LogP contribution in [0.3, 0.4) is 0 Å². The number of carboxylic acid groups (broad SMARTS) is 1. The molecule has 2 aliphatic rings. The van der Waals surface area contributed by atoms with Crippen LogP contribution in [0.5, 0.6) is 0 Å². The molecule has 1 saturated carbocycles. The second kappa shape index (κ2) is 3.21. The van der Waals surface area contributed by atoms with Crippen LogP contribution in [-0.4, -0.2) is 34.9 Å². The summed E-state index contributed by atoms with van der Waals surface area (Å²) in [5.41, 5.74) is -1.81. The van der Waals surface area contributed by atoms with Gasteiger partial charge in [0.15, 0.2) is 0 Å². The Balaban J connectivity index is 2.24. The Morgan fingerprint density at radius 1 is 1.14 bits per heavy atom. The fourth-order valence-electron chi connectivity index (χ4n) is 2.72. The van der Waals surface area contributed by atoms with Crippen LogP contribution in [0.1, 0.15) is 32.1 Å². The highest BCUT2D eigenvalue weighted by Crippen LogP contribution is 2.51. The average molecular weight is 199 g/mol. The van der Waals surface area contributed by atoms with Crippen LogP contribution in [0.2, 0.25) is 0 Å². The first-order valence-corrected chi connectivity index (χ1v) is 5.27. The molecule has 0 atom stereocenters. The molecule has 4 nitrogen and oxygen atoms in total. The molecule has 0 unspecified atom stereocenters. The van der Waals surface area contributed by atoms with Gasteiger partial charge in [0.25, 0.3) is 0 Å². The smallest absolute Gasteiger partial charge is 0.312 e. The summed E-state index contributed by atoms with van der Waals surface area (Å²) in [6.07, 6.45) is 3.37. The second-order valence-corrected chi connectivity index (χ2v) is 4.52. The van der Waals surface area contributed by atoms with Crippen molar-refractivity contribution in [1.29, 1.82) is 0 Å². The lowest BCUT2D eigenvalue weighted by molar-refractivity contribution is -0.190. The summed E-state index contributed by atoms with van der Waals surface area (Å²) < 4.78 is 0. The molecular weight excluding hydrogens is 182 g/mol. The molecule has 14 heavy (non-hydrogen) atoms. The molecule has 0 aromatic rings. The van der Waals surface area contributed by atoms with E-state index in [4.69, 9.17) is 0 Å². The number of aliphatic hydroxyl groups is 1. The monoisotopic (exact) mass is 199 g/mol. The van der Waals surface area contributed by atoms with E-state index in [-0.39, 0.29) is 0 Å². The summed E-state index contributed by atoms with van der Waals surface area (Å²) in [4.78, 5) is 11.3. The highest BCUT2D eigenvalue weighted by Gasteiger charge is 2.58. The van der Waals surface area contributed by atoms with Gasteiger partial charge in [-0.05, 0) is 45.2 Å². The van der Waals surface area contributed by atoms with E-state index in [1.165, 1.54) is 0 Å². The van der Waals surface area contributed by atoms with Gasteiger partial charge in [0.05, 0.1) is 11.0 Å². The van der Waals surface area contributed by atoms with Crippen LogP contribution < -0.4 is 5.32 Å². The molecule has 4 heteroatoms. The first-order chi connectivity index (χ1) is 6.61. The Hall–Kier alpha value is -0.610. The number of carboxylic acids is 1. The van der Waals surface area contributed by atoms with Crippen molar-refractivity contribution in [3.63, 3.8) is 0 Å². The van der Waals surface area contributed by atoms with E-state index < -0.39 is 17.0 Å². The average Bonchev–Trinajstić information content (AvgIpc) is 2.15. The van der Waals surface area contributed by atoms with Crippen LogP contribution in [-0.2, 0) is 4.79 Å². The van der Waals surface area contributed by atoms with Crippen molar-refractivity contribution in [3.05, 3.63) is 0 Å². The predicted molar refractivity (Wildman–Crippen MR) is 51.0 cm³/mol. The van der Waals surface area contributed by atoms with E-state index in [0.717, 1.165) is 6.42 Å². The normalized spacial score (nSPS) is 29.2. The first-order valence-electron chi connectivity index (χ1n) is 5.27. The summed E-state index contributed by atoms with van der Waals surface area (Å²) in [6.45, 7) is 1.41. The molecule has 0 aromatic heterocycles. The third-order valence-corrected chi connectivity index (χ3v) is 3.94. The number of aliphatic carboxylic acids is 1. The van der Waals surface area contributed by atoms with Crippen molar-refractivity contribution in [3.8, 4) is 0 Å². The van der Waals surface area contributed by atoms with E-state index in [0.29, 0.717) is 38.8 Å². The van der Waals surface area contributed by atoms with Crippen LogP contribution in [0.4, 0.5) is 0 Å². The fourth-order valence-corrected chi connectivity index (χ4v) is 2.72. The standard InChI is InChI=1S/C10H17NO3/c12-8(13)9(4-6-11-7-5-9)10(14)2-1-3-10/h11,14H,1-7H2,(H,12,13). The Morgan fingerprint density at radius 3 is 2.07 bits per heavy atom. The molecule has 0 radical (unpaired) electrons. The first kappa shape index (κ1) is 9.93. The SMILES string of the molecule is O=C(O)C1(C2(O)CCC2)CCNCC1. The number of piperidine rings is 1. The van der Waals surface area contributed by atoms with Gasteiger partial charge in [-0.25, -0.2) is 0 Å². The third kappa shape index (κ3) is 1.17. The van der Waals surface area contributed by atoms with Crippen LogP contribution in [0.15, 0.2) is 0 Å². The highest BCUT2D eigenvalue weighted by atomic mass is 16.4. The summed E-state index contributed by atoms with van der Waals surface area (Å²) in [6, 6.07) is 0. The molecule has 3 N–H and O–H groups in total. The van der Waals surface area contributed by atoms with E-state index in [1.807, 2.05) is 0 Å². The van der Waals surface area contributed by atoms with Crippen LogP contribution in [0, 0.1) is 5.41 Å². The minimum Gasteiger partial charge on any atom is -0.481 e. The van der Waals surface area contributed by atoms with Crippen molar-refractivity contribution in [2.24, 2.45) is 5.41 Å². The second-order valence-electron chi connectivity index (χ2n) is 4.52. The van der Waals surface area contributed by atoms with Gasteiger partial charge in [0, 0.05) is 0 Å². The zero-order valence-corrected chi connectivity index (χ0v) is 8.25. The van der Waals surface area contributed by atoms with Gasteiger partial charge in [-0.1, -0.05) is 0 Å². The number of hydrogen-bond acceptors (Lipinski definition) is 3. The third-order valence-electron chi connectivity index (χ3n) is 3.94. The molecule has 1 heterocycles. The van der Waals surface area contributed by atoms with Crippen molar-refractivity contribution in [1.82, 2.24) is 5.32 Å². The van der Waals surface area contributed by atoms with Gasteiger partial charge in [0.1, 0.15) is 0 Å². The minimum absolute atomic E-state index is 0.554. The van der Waals surface area contributed by atoms with E-state index >= 15 is 0 Å². The molecule has 1 aliphatic heterocycles. The topological polar surface area (TPSA) is 69.6 Å². The summed E-state index contributed by atoms with van der Waals surface area (Å²) in [5, 5.41) is 22.7. The van der Waals surface area contributed by atoms with Crippen molar-refractivity contribution in [2.45, 2.75) is 37.7 Å². The lowest BCUT2D eigenvalue weighted by Gasteiger charge is -2.51. The van der Waals surface area contributed by atoms with Crippen molar-refractivity contribution >= 4 is 5.97 Å². The van der Waals surface area contributed by atoms with Crippen LogP contribution >= 0.6 is 0 Å².